The SMILES string of the molecule is CC(C)=NOC(=O)[C@@H](NC(=O)C[C@@H]1CCC(=O)N1Cc1cc(F)cc(F)c1F)C(C)C. The van der Waals surface area contributed by atoms with Gasteiger partial charge in [-0.2, -0.15) is 0 Å². The fourth-order valence-corrected chi connectivity index (χ4v) is 3.27. The van der Waals surface area contributed by atoms with E-state index in [1.54, 1.807) is 27.7 Å². The first-order valence-corrected chi connectivity index (χ1v) is 9.93. The number of benzene rings is 1. The normalized spacial score (nSPS) is 17.0. The second-order valence-electron chi connectivity index (χ2n) is 8.02. The molecule has 2 amide bonds. The Morgan fingerprint density at radius 2 is 1.94 bits per heavy atom. The van der Waals surface area contributed by atoms with Crippen molar-refractivity contribution < 1.29 is 32.4 Å². The number of carbonyl (C=O) groups excluding carboxylic acids is 3. The molecule has 0 aliphatic carbocycles. The molecule has 2 rings (SSSR count). The number of nitrogens with zero attached hydrogens (tertiary/aromatic N) is 2. The van der Waals surface area contributed by atoms with Crippen LogP contribution in [-0.2, 0) is 25.8 Å². The van der Waals surface area contributed by atoms with Gasteiger partial charge >= 0.3 is 5.97 Å². The Balaban J connectivity index is 2.08. The molecule has 0 unspecified atom stereocenters. The zero-order valence-corrected chi connectivity index (χ0v) is 17.9. The quantitative estimate of drug-likeness (QED) is 0.291. The van der Waals surface area contributed by atoms with Crippen molar-refractivity contribution >= 4 is 23.5 Å². The maximum absolute atomic E-state index is 14.0. The van der Waals surface area contributed by atoms with Gasteiger partial charge in [0.25, 0.3) is 0 Å². The summed E-state index contributed by atoms with van der Waals surface area (Å²) in [4.78, 5) is 43.0. The summed E-state index contributed by atoms with van der Waals surface area (Å²) in [5, 5.41) is 6.18. The Hall–Kier alpha value is -2.91. The predicted octanol–water partition coefficient (Wildman–Crippen LogP) is 3.06. The lowest BCUT2D eigenvalue weighted by Gasteiger charge is -2.26. The zero-order chi connectivity index (χ0) is 23.3. The van der Waals surface area contributed by atoms with E-state index in [1.807, 2.05) is 0 Å². The Morgan fingerprint density at radius 1 is 1.26 bits per heavy atom. The minimum atomic E-state index is -1.35. The number of halogens is 3. The lowest BCUT2D eigenvalue weighted by Crippen LogP contribution is -2.47. The van der Waals surface area contributed by atoms with Gasteiger partial charge in [0, 0.05) is 37.1 Å². The molecule has 1 aromatic rings. The van der Waals surface area contributed by atoms with Crippen molar-refractivity contribution in [2.75, 3.05) is 0 Å². The van der Waals surface area contributed by atoms with Gasteiger partial charge in [0.2, 0.25) is 11.8 Å². The zero-order valence-electron chi connectivity index (χ0n) is 17.9. The third-order valence-corrected chi connectivity index (χ3v) is 4.84. The molecule has 31 heavy (non-hydrogen) atoms. The highest BCUT2D eigenvalue weighted by molar-refractivity contribution is 5.87. The Morgan fingerprint density at radius 3 is 2.55 bits per heavy atom. The largest absolute Gasteiger partial charge is 0.357 e. The number of oxime groups is 1. The van der Waals surface area contributed by atoms with Gasteiger partial charge in [-0.25, -0.2) is 18.0 Å². The van der Waals surface area contributed by atoms with Crippen molar-refractivity contribution in [2.45, 2.75) is 65.6 Å². The summed E-state index contributed by atoms with van der Waals surface area (Å²) in [5.41, 5.74) is 0.220. The molecule has 0 radical (unpaired) electrons. The smallest absolute Gasteiger partial charge is 0.342 e. The van der Waals surface area contributed by atoms with Gasteiger partial charge in [0.15, 0.2) is 11.6 Å². The molecule has 1 heterocycles. The van der Waals surface area contributed by atoms with Crippen molar-refractivity contribution in [2.24, 2.45) is 11.1 Å². The molecule has 0 spiro atoms. The second-order valence-corrected chi connectivity index (χ2v) is 8.02. The van der Waals surface area contributed by atoms with Crippen LogP contribution in [0.25, 0.3) is 0 Å². The van der Waals surface area contributed by atoms with E-state index in [0.717, 1.165) is 6.07 Å². The van der Waals surface area contributed by atoms with E-state index in [1.165, 1.54) is 4.90 Å². The van der Waals surface area contributed by atoms with Crippen LogP contribution in [0.15, 0.2) is 17.3 Å². The standard InChI is InChI=1S/C21H26F3N3O4/c1-11(2)20(21(30)31-26-12(3)4)25-17(28)9-15-5-6-18(29)27(15)10-13-7-14(22)8-16(23)19(13)24/h7-8,11,15,20H,5-6,9-10H2,1-4H3,(H,25,28)/t15-,20-/m0/s1. The molecule has 0 bridgehead atoms. The van der Waals surface area contributed by atoms with Crippen LogP contribution in [0.1, 0.15) is 52.5 Å². The van der Waals surface area contributed by atoms with E-state index >= 15 is 0 Å². The van der Waals surface area contributed by atoms with Gasteiger partial charge in [-0.15, -0.1) is 0 Å². The molecule has 0 aromatic heterocycles. The minimum absolute atomic E-state index is 0.123. The third-order valence-electron chi connectivity index (χ3n) is 4.84. The molecule has 0 saturated carbocycles. The molecule has 7 nitrogen and oxygen atoms in total. The van der Waals surface area contributed by atoms with Crippen LogP contribution in [0.3, 0.4) is 0 Å². The lowest BCUT2D eigenvalue weighted by molar-refractivity contribution is -0.149. The fourth-order valence-electron chi connectivity index (χ4n) is 3.27. The molecule has 1 aromatic carbocycles. The van der Waals surface area contributed by atoms with Gasteiger partial charge in [-0.3, -0.25) is 9.59 Å². The summed E-state index contributed by atoms with van der Waals surface area (Å²) in [6.45, 7) is 6.38. The van der Waals surface area contributed by atoms with Gasteiger partial charge in [0.05, 0.1) is 5.71 Å². The van der Waals surface area contributed by atoms with E-state index < -0.39 is 41.4 Å². The fraction of sp³-hybridized carbons (Fsp3) is 0.524. The summed E-state index contributed by atoms with van der Waals surface area (Å²) < 4.78 is 41.0. The minimum Gasteiger partial charge on any atom is -0.342 e. The molecular weight excluding hydrogens is 415 g/mol. The average Bonchev–Trinajstić information content (AvgIpc) is 3.01. The van der Waals surface area contributed by atoms with E-state index in [4.69, 9.17) is 4.84 Å². The Bertz CT molecular complexity index is 885. The number of rotatable bonds is 8. The molecule has 10 heteroatoms. The van der Waals surface area contributed by atoms with Crippen molar-refractivity contribution in [3.05, 3.63) is 35.1 Å². The highest BCUT2D eigenvalue weighted by Crippen LogP contribution is 2.26. The van der Waals surface area contributed by atoms with Crippen molar-refractivity contribution in [3.63, 3.8) is 0 Å². The number of hydrogen-bond donors (Lipinski definition) is 1. The molecule has 2 atom stereocenters. The first-order valence-electron chi connectivity index (χ1n) is 9.93. The highest BCUT2D eigenvalue weighted by Gasteiger charge is 2.35. The number of carbonyl (C=O) groups is 3. The predicted molar refractivity (Wildman–Crippen MR) is 106 cm³/mol. The van der Waals surface area contributed by atoms with Crippen molar-refractivity contribution in [1.82, 2.24) is 10.2 Å². The maximum Gasteiger partial charge on any atom is 0.357 e. The summed E-state index contributed by atoms with van der Waals surface area (Å²) in [7, 11) is 0. The molecule has 1 N–H and O–H groups in total. The van der Waals surface area contributed by atoms with Crippen molar-refractivity contribution in [1.29, 1.82) is 0 Å². The first kappa shape index (κ1) is 24.4. The van der Waals surface area contributed by atoms with E-state index in [-0.39, 0.29) is 36.8 Å². The third kappa shape index (κ3) is 6.53. The van der Waals surface area contributed by atoms with Crippen LogP contribution in [0.2, 0.25) is 0 Å². The van der Waals surface area contributed by atoms with Gasteiger partial charge in [0.1, 0.15) is 11.9 Å². The van der Waals surface area contributed by atoms with Crippen LogP contribution in [-0.4, -0.2) is 40.5 Å². The monoisotopic (exact) mass is 441 g/mol. The van der Waals surface area contributed by atoms with E-state index in [9.17, 15) is 27.6 Å². The molecule has 1 fully saturated rings. The van der Waals surface area contributed by atoms with E-state index in [2.05, 4.69) is 10.5 Å². The summed E-state index contributed by atoms with van der Waals surface area (Å²) in [6.07, 6.45) is 0.289. The van der Waals surface area contributed by atoms with Gasteiger partial charge in [-0.05, 0) is 32.3 Å². The number of hydrogen-bond acceptors (Lipinski definition) is 5. The van der Waals surface area contributed by atoms with Crippen molar-refractivity contribution in [3.8, 4) is 0 Å². The molecular formula is C21H26F3N3O4. The van der Waals surface area contributed by atoms with Crippen LogP contribution < -0.4 is 5.32 Å². The Labute approximate surface area is 178 Å². The van der Waals surface area contributed by atoms with Crippen LogP contribution >= 0.6 is 0 Å². The number of likely N-dealkylation sites (tertiary alicyclic amines) is 1. The molecule has 1 saturated heterocycles. The number of nitrogens with one attached hydrogen (secondary N) is 1. The van der Waals surface area contributed by atoms with Gasteiger partial charge in [-0.1, -0.05) is 19.0 Å². The molecule has 1 aliphatic rings. The molecule has 1 aliphatic heterocycles. The first-order chi connectivity index (χ1) is 14.5. The number of amides is 2. The Kier molecular flexibility index (Phi) is 8.18. The van der Waals surface area contributed by atoms with Crippen LogP contribution in [0, 0.1) is 23.4 Å². The van der Waals surface area contributed by atoms with Gasteiger partial charge < -0.3 is 15.1 Å². The summed E-state index contributed by atoms with van der Waals surface area (Å²) in [6, 6.07) is -0.304. The summed E-state index contributed by atoms with van der Waals surface area (Å²) >= 11 is 0. The molecule has 170 valence electrons. The topological polar surface area (TPSA) is 88.1 Å². The average molecular weight is 441 g/mol. The van der Waals surface area contributed by atoms with Crippen LogP contribution in [0.5, 0.6) is 0 Å². The highest BCUT2D eigenvalue weighted by atomic mass is 19.2. The summed E-state index contributed by atoms with van der Waals surface area (Å²) in [5.74, 6) is -5.41. The second kappa shape index (κ2) is 10.4. The maximum atomic E-state index is 14.0. The lowest BCUT2D eigenvalue weighted by atomic mass is 10.0. The van der Waals surface area contributed by atoms with E-state index in [0.29, 0.717) is 18.2 Å². The van der Waals surface area contributed by atoms with Crippen LogP contribution in [0.4, 0.5) is 13.2 Å².